The van der Waals surface area contributed by atoms with E-state index in [1.165, 1.54) is 18.2 Å². The van der Waals surface area contributed by atoms with Gasteiger partial charge in [-0.25, -0.2) is 0 Å². The van der Waals surface area contributed by atoms with Gasteiger partial charge in [-0.3, -0.25) is 4.99 Å². The van der Waals surface area contributed by atoms with Crippen LogP contribution >= 0.6 is 23.2 Å². The van der Waals surface area contributed by atoms with Crippen molar-refractivity contribution in [3.05, 3.63) is 46.1 Å². The molecule has 90 valence electrons. The topological polar surface area (TPSA) is 12.4 Å². The lowest BCUT2D eigenvalue weighted by Gasteiger charge is -2.27. The first kappa shape index (κ1) is 12.5. The monoisotopic (exact) mass is 279 g/mol. The molecule has 1 aliphatic rings. The van der Waals surface area contributed by atoms with Gasteiger partial charge in [0.25, 0.3) is 0 Å². The standard InChI is InChI=1S/C11H6Cl2F3N/c12-8-3-7(4-9(13)5-8)10(11(14,15)16)1-2-17-6-10/h1-6H. The fourth-order valence-corrected chi connectivity index (χ4v) is 2.19. The van der Waals surface area contributed by atoms with Crippen molar-refractivity contribution in [2.75, 3.05) is 0 Å². The molecule has 2 rings (SSSR count). The molecule has 0 saturated carbocycles. The number of halogens is 5. The maximum absolute atomic E-state index is 13.1. The van der Waals surface area contributed by atoms with Gasteiger partial charge < -0.3 is 0 Å². The van der Waals surface area contributed by atoms with Crippen LogP contribution in [0.5, 0.6) is 0 Å². The van der Waals surface area contributed by atoms with Crippen LogP contribution in [-0.2, 0) is 5.41 Å². The molecule has 0 fully saturated rings. The molecule has 1 heterocycles. The molecule has 6 heteroatoms. The van der Waals surface area contributed by atoms with Gasteiger partial charge in [0.05, 0.1) is 0 Å². The van der Waals surface area contributed by atoms with Crippen molar-refractivity contribution in [2.45, 2.75) is 11.6 Å². The molecule has 1 atom stereocenters. The van der Waals surface area contributed by atoms with E-state index in [9.17, 15) is 13.2 Å². The molecule has 0 radical (unpaired) electrons. The van der Waals surface area contributed by atoms with Crippen LogP contribution < -0.4 is 0 Å². The third kappa shape index (κ3) is 2.07. The van der Waals surface area contributed by atoms with Crippen LogP contribution in [0.1, 0.15) is 5.56 Å². The van der Waals surface area contributed by atoms with Crippen molar-refractivity contribution >= 4 is 29.4 Å². The Morgan fingerprint density at radius 1 is 1.06 bits per heavy atom. The first-order valence-corrected chi connectivity index (χ1v) is 5.36. The molecule has 0 amide bonds. The van der Waals surface area contributed by atoms with Crippen molar-refractivity contribution < 1.29 is 13.2 Å². The van der Waals surface area contributed by atoms with E-state index in [-0.39, 0.29) is 15.6 Å². The second-order valence-corrected chi connectivity index (χ2v) is 4.49. The van der Waals surface area contributed by atoms with Crippen LogP contribution in [0.25, 0.3) is 0 Å². The molecule has 0 aromatic heterocycles. The number of alkyl halides is 3. The normalized spacial score (nSPS) is 23.4. The Hall–Kier alpha value is -1.00. The molecular weight excluding hydrogens is 274 g/mol. The van der Waals surface area contributed by atoms with Crippen molar-refractivity contribution in [2.24, 2.45) is 4.99 Å². The number of rotatable bonds is 1. The van der Waals surface area contributed by atoms with Crippen LogP contribution in [0.2, 0.25) is 10.0 Å². The summed E-state index contributed by atoms with van der Waals surface area (Å²) in [5, 5.41) is 0.314. The average Bonchev–Trinajstić information content (AvgIpc) is 2.64. The molecule has 1 aromatic rings. The molecule has 0 saturated heterocycles. The highest BCUT2D eigenvalue weighted by Gasteiger charge is 2.54. The Kier molecular flexibility index (Phi) is 2.96. The maximum atomic E-state index is 13.1. The molecule has 17 heavy (non-hydrogen) atoms. The van der Waals surface area contributed by atoms with Crippen LogP contribution in [0.3, 0.4) is 0 Å². The lowest BCUT2D eigenvalue weighted by molar-refractivity contribution is -0.154. The third-order valence-corrected chi connectivity index (χ3v) is 2.95. The summed E-state index contributed by atoms with van der Waals surface area (Å²) < 4.78 is 39.4. The number of aliphatic imine (C=N–C) groups is 1. The van der Waals surface area contributed by atoms with E-state index in [1.807, 2.05) is 0 Å². The number of allylic oxidation sites excluding steroid dienone is 1. The second kappa shape index (κ2) is 4.03. The molecule has 1 aliphatic heterocycles. The second-order valence-electron chi connectivity index (χ2n) is 3.62. The molecular formula is C11H6Cl2F3N. The van der Waals surface area contributed by atoms with Gasteiger partial charge >= 0.3 is 6.18 Å². The fourth-order valence-electron chi connectivity index (χ4n) is 1.66. The van der Waals surface area contributed by atoms with Gasteiger partial charge in [-0.2, -0.15) is 13.2 Å². The quantitative estimate of drug-likeness (QED) is 0.723. The summed E-state index contributed by atoms with van der Waals surface area (Å²) >= 11 is 11.4. The summed E-state index contributed by atoms with van der Waals surface area (Å²) in [6, 6.07) is 3.86. The lowest BCUT2D eigenvalue weighted by atomic mass is 9.81. The molecule has 1 aromatic carbocycles. The minimum absolute atomic E-state index is 0.0417. The fraction of sp³-hybridized carbons (Fsp3) is 0.182. The molecule has 0 spiro atoms. The Balaban J connectivity index is 2.63. The zero-order chi connectivity index (χ0) is 12.7. The molecule has 0 bridgehead atoms. The SMILES string of the molecule is FC(F)(F)C1(c2cc(Cl)cc(Cl)c2)C=CN=C1. The van der Waals surface area contributed by atoms with Crippen molar-refractivity contribution in [1.29, 1.82) is 0 Å². The van der Waals surface area contributed by atoms with Crippen molar-refractivity contribution in [1.82, 2.24) is 0 Å². The summed E-state index contributed by atoms with van der Waals surface area (Å²) in [6.45, 7) is 0. The van der Waals surface area contributed by atoms with E-state index < -0.39 is 11.6 Å². The molecule has 0 aliphatic carbocycles. The Morgan fingerprint density at radius 2 is 1.65 bits per heavy atom. The largest absolute Gasteiger partial charge is 0.406 e. The summed E-state index contributed by atoms with van der Waals surface area (Å²) in [7, 11) is 0. The van der Waals surface area contributed by atoms with E-state index in [4.69, 9.17) is 23.2 Å². The highest BCUT2D eigenvalue weighted by Crippen LogP contribution is 2.44. The Bertz CT molecular complexity index is 474. The highest BCUT2D eigenvalue weighted by molar-refractivity contribution is 6.34. The zero-order valence-corrected chi connectivity index (χ0v) is 9.81. The van der Waals surface area contributed by atoms with Gasteiger partial charge in [0.15, 0.2) is 0 Å². The number of nitrogens with zero attached hydrogens (tertiary/aromatic N) is 1. The number of benzene rings is 1. The smallest absolute Gasteiger partial charge is 0.268 e. The van der Waals surface area contributed by atoms with Gasteiger partial charge in [0.1, 0.15) is 5.41 Å². The van der Waals surface area contributed by atoms with Crippen LogP contribution in [0.4, 0.5) is 13.2 Å². The summed E-state index contributed by atoms with van der Waals surface area (Å²) in [4.78, 5) is 3.53. The maximum Gasteiger partial charge on any atom is 0.406 e. The Morgan fingerprint density at radius 3 is 2.06 bits per heavy atom. The molecule has 1 unspecified atom stereocenters. The summed E-state index contributed by atoms with van der Waals surface area (Å²) in [6.07, 6.45) is -1.55. The number of hydrogen-bond acceptors (Lipinski definition) is 1. The van der Waals surface area contributed by atoms with E-state index in [1.54, 1.807) is 0 Å². The predicted octanol–water partition coefficient (Wildman–Crippen LogP) is 4.39. The molecule has 0 N–H and O–H groups in total. The van der Waals surface area contributed by atoms with Gasteiger partial charge in [-0.05, 0) is 29.8 Å². The van der Waals surface area contributed by atoms with E-state index in [0.29, 0.717) is 0 Å². The predicted molar refractivity (Wildman–Crippen MR) is 61.8 cm³/mol. The Labute approximate surface area is 106 Å². The lowest BCUT2D eigenvalue weighted by Crippen LogP contribution is -2.41. The minimum Gasteiger partial charge on any atom is -0.268 e. The van der Waals surface area contributed by atoms with E-state index in [0.717, 1.165) is 18.5 Å². The van der Waals surface area contributed by atoms with E-state index in [2.05, 4.69) is 4.99 Å². The summed E-state index contributed by atoms with van der Waals surface area (Å²) in [5.41, 5.74) is -2.28. The van der Waals surface area contributed by atoms with Crippen LogP contribution in [0, 0.1) is 0 Å². The van der Waals surface area contributed by atoms with Gasteiger partial charge in [0, 0.05) is 22.5 Å². The van der Waals surface area contributed by atoms with Gasteiger partial charge in [-0.1, -0.05) is 23.2 Å². The van der Waals surface area contributed by atoms with Crippen molar-refractivity contribution in [3.63, 3.8) is 0 Å². The first-order valence-electron chi connectivity index (χ1n) is 4.60. The third-order valence-electron chi connectivity index (χ3n) is 2.51. The van der Waals surface area contributed by atoms with Crippen LogP contribution in [0.15, 0.2) is 35.5 Å². The molecule has 1 nitrogen and oxygen atoms in total. The van der Waals surface area contributed by atoms with Gasteiger partial charge in [-0.15, -0.1) is 0 Å². The zero-order valence-electron chi connectivity index (χ0n) is 8.30. The number of hydrogen-bond donors (Lipinski definition) is 0. The highest BCUT2D eigenvalue weighted by atomic mass is 35.5. The average molecular weight is 280 g/mol. The first-order chi connectivity index (χ1) is 7.85. The van der Waals surface area contributed by atoms with Crippen molar-refractivity contribution in [3.8, 4) is 0 Å². The minimum atomic E-state index is -4.49. The van der Waals surface area contributed by atoms with Crippen LogP contribution in [-0.4, -0.2) is 12.4 Å². The van der Waals surface area contributed by atoms with Gasteiger partial charge in [0.2, 0.25) is 0 Å². The van der Waals surface area contributed by atoms with E-state index >= 15 is 0 Å². The summed E-state index contributed by atoms with van der Waals surface area (Å²) in [5.74, 6) is 0.